The molecular formula is C21H20FN5O2. The second-order valence-corrected chi connectivity index (χ2v) is 6.31. The monoisotopic (exact) mass is 393 g/mol. The number of carbonyl (C=O) groups is 2. The van der Waals surface area contributed by atoms with Crippen molar-refractivity contribution in [3.8, 4) is 0 Å². The molecule has 3 aromatic rings. The van der Waals surface area contributed by atoms with Crippen molar-refractivity contribution >= 4 is 29.1 Å². The molecule has 0 saturated heterocycles. The van der Waals surface area contributed by atoms with E-state index in [0.29, 0.717) is 35.9 Å². The second-order valence-electron chi connectivity index (χ2n) is 6.31. The quantitative estimate of drug-likeness (QED) is 0.571. The smallest absolute Gasteiger partial charge is 0.258 e. The third-order valence-electron chi connectivity index (χ3n) is 3.99. The normalized spacial score (nSPS) is 10.3. The van der Waals surface area contributed by atoms with E-state index in [1.165, 1.54) is 31.5 Å². The van der Waals surface area contributed by atoms with Crippen LogP contribution < -0.4 is 16.0 Å². The minimum absolute atomic E-state index is 0.162. The van der Waals surface area contributed by atoms with Gasteiger partial charge < -0.3 is 16.0 Å². The molecule has 0 fully saturated rings. The summed E-state index contributed by atoms with van der Waals surface area (Å²) in [4.78, 5) is 31.6. The molecule has 29 heavy (non-hydrogen) atoms. The Bertz CT molecular complexity index is 973. The fourth-order valence-corrected chi connectivity index (χ4v) is 2.55. The molecule has 8 heteroatoms. The highest BCUT2D eigenvalue weighted by Crippen LogP contribution is 2.14. The molecule has 2 aromatic carbocycles. The van der Waals surface area contributed by atoms with Gasteiger partial charge in [-0.3, -0.25) is 9.59 Å². The van der Waals surface area contributed by atoms with Crippen LogP contribution in [0.1, 0.15) is 22.8 Å². The lowest BCUT2D eigenvalue weighted by molar-refractivity contribution is -0.114. The predicted molar refractivity (Wildman–Crippen MR) is 109 cm³/mol. The van der Waals surface area contributed by atoms with E-state index < -0.39 is 0 Å². The zero-order chi connectivity index (χ0) is 20.6. The summed E-state index contributed by atoms with van der Waals surface area (Å²) >= 11 is 0. The molecule has 0 atom stereocenters. The summed E-state index contributed by atoms with van der Waals surface area (Å²) in [6.45, 7) is 2.01. The van der Waals surface area contributed by atoms with Gasteiger partial charge in [0.15, 0.2) is 0 Å². The first-order valence-electron chi connectivity index (χ1n) is 8.99. The van der Waals surface area contributed by atoms with Crippen molar-refractivity contribution in [1.82, 2.24) is 9.97 Å². The highest BCUT2D eigenvalue weighted by Gasteiger charge is 2.08. The molecule has 0 aliphatic rings. The van der Waals surface area contributed by atoms with E-state index >= 15 is 0 Å². The maximum absolute atomic E-state index is 12.9. The number of hydrogen-bond acceptors (Lipinski definition) is 5. The number of carbonyl (C=O) groups excluding carboxylic acids is 2. The number of nitrogens with zero attached hydrogens (tertiary/aromatic N) is 2. The Morgan fingerprint density at radius 3 is 2.07 bits per heavy atom. The van der Waals surface area contributed by atoms with Gasteiger partial charge in [-0.25, -0.2) is 14.4 Å². The summed E-state index contributed by atoms with van der Waals surface area (Å²) in [5.41, 5.74) is 2.56. The molecule has 3 N–H and O–H groups in total. The van der Waals surface area contributed by atoms with E-state index in [2.05, 4.69) is 25.9 Å². The molecule has 148 valence electrons. The molecule has 1 heterocycles. The largest absolute Gasteiger partial charge is 0.354 e. The summed E-state index contributed by atoms with van der Waals surface area (Å²) in [7, 11) is 0. The van der Waals surface area contributed by atoms with Gasteiger partial charge >= 0.3 is 0 Å². The van der Waals surface area contributed by atoms with Crippen molar-refractivity contribution in [2.24, 2.45) is 0 Å². The van der Waals surface area contributed by atoms with Crippen LogP contribution in [0.25, 0.3) is 0 Å². The van der Waals surface area contributed by atoms with Crippen molar-refractivity contribution in [1.29, 1.82) is 0 Å². The second kappa shape index (κ2) is 9.41. The Balaban J connectivity index is 1.50. The van der Waals surface area contributed by atoms with Gasteiger partial charge in [0.25, 0.3) is 5.91 Å². The number of benzene rings is 2. The first-order valence-corrected chi connectivity index (χ1v) is 8.99. The first-order chi connectivity index (χ1) is 14.0. The van der Waals surface area contributed by atoms with Crippen molar-refractivity contribution in [2.75, 3.05) is 22.5 Å². The Morgan fingerprint density at radius 2 is 1.48 bits per heavy atom. The van der Waals surface area contributed by atoms with Gasteiger partial charge in [-0.2, -0.15) is 0 Å². The van der Waals surface area contributed by atoms with Gasteiger partial charge in [0, 0.05) is 37.2 Å². The van der Waals surface area contributed by atoms with Crippen LogP contribution in [0.4, 0.5) is 21.7 Å². The fourth-order valence-electron chi connectivity index (χ4n) is 2.55. The van der Waals surface area contributed by atoms with Gasteiger partial charge in [-0.15, -0.1) is 0 Å². The van der Waals surface area contributed by atoms with Gasteiger partial charge in [-0.1, -0.05) is 12.1 Å². The highest BCUT2D eigenvalue weighted by atomic mass is 19.1. The number of amides is 2. The summed E-state index contributed by atoms with van der Waals surface area (Å²) in [5.74, 6) is -0.355. The summed E-state index contributed by atoms with van der Waals surface area (Å²) < 4.78 is 12.9. The van der Waals surface area contributed by atoms with Crippen LogP contribution in [0.2, 0.25) is 0 Å². The summed E-state index contributed by atoms with van der Waals surface area (Å²) in [5, 5.41) is 8.47. The summed E-state index contributed by atoms with van der Waals surface area (Å²) in [6, 6.07) is 13.1. The average Bonchev–Trinajstić information content (AvgIpc) is 2.71. The van der Waals surface area contributed by atoms with Crippen LogP contribution >= 0.6 is 0 Å². The Morgan fingerprint density at radius 1 is 0.897 bits per heavy atom. The number of anilines is 3. The topological polar surface area (TPSA) is 96.0 Å². The third kappa shape index (κ3) is 6.10. The predicted octanol–water partition coefficient (Wildman–Crippen LogP) is 3.48. The van der Waals surface area contributed by atoms with E-state index in [0.717, 1.165) is 5.56 Å². The average molecular weight is 393 g/mol. The van der Waals surface area contributed by atoms with E-state index in [4.69, 9.17) is 0 Å². The Labute approximate surface area is 167 Å². The van der Waals surface area contributed by atoms with Gasteiger partial charge in [0.1, 0.15) is 5.82 Å². The van der Waals surface area contributed by atoms with Crippen LogP contribution in [0.3, 0.4) is 0 Å². The Kier molecular flexibility index (Phi) is 6.47. The molecule has 0 unspecified atom stereocenters. The van der Waals surface area contributed by atoms with Crippen molar-refractivity contribution in [3.63, 3.8) is 0 Å². The third-order valence-corrected chi connectivity index (χ3v) is 3.99. The van der Waals surface area contributed by atoms with E-state index in [1.807, 2.05) is 0 Å². The standard InChI is InChI=1S/C21H20FN5O2/c1-14(28)26-18-6-8-19(9-7-18)27-20(29)16-12-24-21(25-13-16)23-11-10-15-2-4-17(22)5-3-15/h2-9,12-13H,10-11H2,1H3,(H,26,28)(H,27,29)(H,23,24,25). The zero-order valence-corrected chi connectivity index (χ0v) is 15.8. The van der Waals surface area contributed by atoms with Crippen molar-refractivity contribution in [2.45, 2.75) is 13.3 Å². The molecule has 1 aromatic heterocycles. The maximum Gasteiger partial charge on any atom is 0.258 e. The van der Waals surface area contributed by atoms with Crippen LogP contribution in [0, 0.1) is 5.82 Å². The van der Waals surface area contributed by atoms with Crippen LogP contribution in [0.15, 0.2) is 60.9 Å². The molecule has 0 radical (unpaired) electrons. The molecule has 0 aliphatic heterocycles. The minimum atomic E-state index is -0.338. The highest BCUT2D eigenvalue weighted by molar-refractivity contribution is 6.04. The molecule has 0 saturated carbocycles. The lowest BCUT2D eigenvalue weighted by Gasteiger charge is -2.08. The number of rotatable bonds is 7. The van der Waals surface area contributed by atoms with Crippen LogP contribution in [-0.4, -0.2) is 28.3 Å². The zero-order valence-electron chi connectivity index (χ0n) is 15.8. The summed E-state index contributed by atoms with van der Waals surface area (Å²) in [6.07, 6.45) is 3.57. The fraction of sp³-hybridized carbons (Fsp3) is 0.143. The lowest BCUT2D eigenvalue weighted by atomic mass is 10.1. The number of nitrogens with one attached hydrogen (secondary N) is 3. The first kappa shape index (κ1) is 19.9. The molecule has 0 aliphatic carbocycles. The van der Waals surface area contributed by atoms with Crippen LogP contribution in [0.5, 0.6) is 0 Å². The van der Waals surface area contributed by atoms with E-state index in [1.54, 1.807) is 36.4 Å². The van der Waals surface area contributed by atoms with Crippen molar-refractivity contribution in [3.05, 3.63) is 77.9 Å². The van der Waals surface area contributed by atoms with Gasteiger partial charge in [0.05, 0.1) is 5.56 Å². The van der Waals surface area contributed by atoms with Gasteiger partial charge in [0.2, 0.25) is 11.9 Å². The van der Waals surface area contributed by atoms with Crippen molar-refractivity contribution < 1.29 is 14.0 Å². The van der Waals surface area contributed by atoms with Gasteiger partial charge in [-0.05, 0) is 48.4 Å². The molecule has 0 bridgehead atoms. The minimum Gasteiger partial charge on any atom is -0.354 e. The Hall–Kier alpha value is -3.81. The number of aromatic nitrogens is 2. The van der Waals surface area contributed by atoms with Crippen LogP contribution in [-0.2, 0) is 11.2 Å². The maximum atomic E-state index is 12.9. The number of hydrogen-bond donors (Lipinski definition) is 3. The SMILES string of the molecule is CC(=O)Nc1ccc(NC(=O)c2cnc(NCCc3ccc(F)cc3)nc2)cc1. The molecule has 0 spiro atoms. The number of halogens is 1. The lowest BCUT2D eigenvalue weighted by Crippen LogP contribution is -2.14. The van der Waals surface area contributed by atoms with E-state index in [-0.39, 0.29) is 17.6 Å². The molecular weight excluding hydrogens is 373 g/mol. The molecule has 7 nitrogen and oxygen atoms in total. The molecule has 3 rings (SSSR count). The molecule has 2 amide bonds. The van der Waals surface area contributed by atoms with E-state index in [9.17, 15) is 14.0 Å².